The molecule has 1 aliphatic heterocycles. The fourth-order valence-electron chi connectivity index (χ4n) is 4.51. The maximum Gasteiger partial charge on any atom is 0.259 e. The van der Waals surface area contributed by atoms with Crippen LogP contribution >= 0.6 is 0 Å². The van der Waals surface area contributed by atoms with Crippen LogP contribution in [0.1, 0.15) is 50.6 Å². The molecule has 39 heavy (non-hydrogen) atoms. The molecule has 2 unspecified atom stereocenters. The minimum atomic E-state index is -0.724. The van der Waals surface area contributed by atoms with Gasteiger partial charge in [-0.3, -0.25) is 14.7 Å². The zero-order valence-corrected chi connectivity index (χ0v) is 23.5. The van der Waals surface area contributed by atoms with E-state index in [0.717, 1.165) is 22.5 Å². The number of rotatable bonds is 8. The molecule has 1 aliphatic rings. The van der Waals surface area contributed by atoms with E-state index in [-0.39, 0.29) is 17.8 Å². The molecule has 9 heteroatoms. The Kier molecular flexibility index (Phi) is 8.20. The van der Waals surface area contributed by atoms with Crippen molar-refractivity contribution in [2.45, 2.75) is 52.3 Å². The summed E-state index contributed by atoms with van der Waals surface area (Å²) in [5, 5.41) is 3.47. The minimum absolute atomic E-state index is 0.123. The monoisotopic (exact) mass is 533 g/mol. The van der Waals surface area contributed by atoms with Crippen molar-refractivity contribution >= 4 is 17.9 Å². The number of aromatic nitrogens is 2. The van der Waals surface area contributed by atoms with Gasteiger partial charge in [0.2, 0.25) is 5.96 Å². The Morgan fingerprint density at radius 3 is 2.49 bits per heavy atom. The van der Waals surface area contributed by atoms with Crippen molar-refractivity contribution in [3.8, 4) is 11.4 Å². The van der Waals surface area contributed by atoms with Crippen LogP contribution in [0.15, 0.2) is 65.6 Å². The summed E-state index contributed by atoms with van der Waals surface area (Å²) in [6.45, 7) is 10.0. The van der Waals surface area contributed by atoms with Crippen LogP contribution in [0, 0.1) is 12.7 Å². The van der Waals surface area contributed by atoms with Gasteiger partial charge in [0.25, 0.3) is 5.91 Å². The van der Waals surface area contributed by atoms with Crippen molar-refractivity contribution in [3.63, 3.8) is 0 Å². The fraction of sp³-hybridized carbons (Fsp3) is 0.367. The molecule has 8 nitrogen and oxygen atoms in total. The first kappa shape index (κ1) is 28.0. The van der Waals surface area contributed by atoms with Crippen molar-refractivity contribution in [2.75, 3.05) is 20.8 Å². The SMILES string of the molecule is COc1cc(/C=C2/C(=O)N(C(C)c3ccc(F)cc3)C(=NCC(C)OC)NC2(C)C)ccc1-n1cnc(C)c1. The van der Waals surface area contributed by atoms with Crippen molar-refractivity contribution in [1.82, 2.24) is 19.8 Å². The number of methoxy groups -OCH3 is 2. The highest BCUT2D eigenvalue weighted by molar-refractivity contribution is 6.12. The summed E-state index contributed by atoms with van der Waals surface area (Å²) in [7, 11) is 3.24. The summed E-state index contributed by atoms with van der Waals surface area (Å²) in [5.41, 5.74) is 3.19. The molecule has 206 valence electrons. The van der Waals surface area contributed by atoms with Gasteiger partial charge in [-0.2, -0.15) is 0 Å². The van der Waals surface area contributed by atoms with Gasteiger partial charge in [-0.15, -0.1) is 0 Å². The number of nitrogens with one attached hydrogen (secondary N) is 1. The number of hydrogen-bond acceptors (Lipinski definition) is 5. The Bertz CT molecular complexity index is 1390. The van der Waals surface area contributed by atoms with Crippen LogP contribution in [0.2, 0.25) is 0 Å². The second-order valence-electron chi connectivity index (χ2n) is 10.3. The molecule has 1 fully saturated rings. The van der Waals surface area contributed by atoms with Crippen LogP contribution in [-0.4, -0.2) is 58.7 Å². The number of hydrogen-bond donors (Lipinski definition) is 1. The third-order valence-corrected chi connectivity index (χ3v) is 6.92. The van der Waals surface area contributed by atoms with Crippen molar-refractivity contribution in [1.29, 1.82) is 0 Å². The zero-order valence-electron chi connectivity index (χ0n) is 23.5. The zero-order chi connectivity index (χ0) is 28.3. The highest BCUT2D eigenvalue weighted by atomic mass is 19.1. The Labute approximate surface area is 229 Å². The number of halogens is 1. The molecule has 1 amide bonds. The molecule has 1 N–H and O–H groups in total. The lowest BCUT2D eigenvalue weighted by Crippen LogP contribution is -2.62. The van der Waals surface area contributed by atoms with Gasteiger partial charge in [0.05, 0.1) is 49.0 Å². The molecule has 4 rings (SSSR count). The van der Waals surface area contributed by atoms with E-state index in [9.17, 15) is 9.18 Å². The summed E-state index contributed by atoms with van der Waals surface area (Å²) >= 11 is 0. The molecule has 0 aliphatic carbocycles. The number of amides is 1. The Balaban J connectivity index is 1.76. The van der Waals surface area contributed by atoms with Gasteiger partial charge in [0.15, 0.2) is 0 Å². The van der Waals surface area contributed by atoms with E-state index < -0.39 is 11.6 Å². The predicted octanol–water partition coefficient (Wildman–Crippen LogP) is 5.07. The summed E-state index contributed by atoms with van der Waals surface area (Å²) in [4.78, 5) is 24.8. The third kappa shape index (κ3) is 6.04. The molecule has 1 aromatic heterocycles. The summed E-state index contributed by atoms with van der Waals surface area (Å²) < 4.78 is 26.6. The van der Waals surface area contributed by atoms with Gasteiger partial charge >= 0.3 is 0 Å². The van der Waals surface area contributed by atoms with E-state index in [4.69, 9.17) is 14.5 Å². The molecular formula is C30H36FN5O3. The maximum absolute atomic E-state index is 14.2. The van der Waals surface area contributed by atoms with E-state index in [2.05, 4.69) is 10.3 Å². The van der Waals surface area contributed by atoms with Crippen LogP contribution in [0.5, 0.6) is 5.75 Å². The molecule has 1 saturated heterocycles. The smallest absolute Gasteiger partial charge is 0.259 e. The highest BCUT2D eigenvalue weighted by Gasteiger charge is 2.42. The van der Waals surface area contributed by atoms with Gasteiger partial charge in [-0.05, 0) is 76.1 Å². The summed E-state index contributed by atoms with van der Waals surface area (Å²) in [5.74, 6) is 0.587. The average Bonchev–Trinajstić information content (AvgIpc) is 3.35. The number of imidazole rings is 1. The molecule has 2 aromatic carbocycles. The van der Waals surface area contributed by atoms with Crippen LogP contribution < -0.4 is 10.1 Å². The second kappa shape index (κ2) is 11.4. The van der Waals surface area contributed by atoms with Gasteiger partial charge < -0.3 is 19.4 Å². The van der Waals surface area contributed by atoms with E-state index in [1.807, 2.05) is 69.7 Å². The first-order valence-corrected chi connectivity index (χ1v) is 12.9. The van der Waals surface area contributed by atoms with E-state index in [1.165, 1.54) is 12.1 Å². The molecule has 0 spiro atoms. The molecule has 3 aromatic rings. The van der Waals surface area contributed by atoms with Gasteiger partial charge in [-0.25, -0.2) is 9.37 Å². The summed E-state index contributed by atoms with van der Waals surface area (Å²) in [6, 6.07) is 11.6. The van der Waals surface area contributed by atoms with E-state index >= 15 is 0 Å². The van der Waals surface area contributed by atoms with Crippen molar-refractivity contribution in [3.05, 3.63) is 83.2 Å². The fourth-order valence-corrected chi connectivity index (χ4v) is 4.51. The van der Waals surface area contributed by atoms with Crippen LogP contribution in [0.4, 0.5) is 4.39 Å². The number of aliphatic imine (C=N–C) groups is 1. The van der Waals surface area contributed by atoms with Crippen LogP contribution in [0.3, 0.4) is 0 Å². The number of carbonyl (C=O) groups is 1. The van der Waals surface area contributed by atoms with Gasteiger partial charge in [-0.1, -0.05) is 18.2 Å². The Morgan fingerprint density at radius 1 is 1.15 bits per heavy atom. The number of carbonyl (C=O) groups excluding carboxylic acids is 1. The lowest BCUT2D eigenvalue weighted by molar-refractivity contribution is -0.126. The number of nitrogens with zero attached hydrogens (tertiary/aromatic N) is 4. The second-order valence-corrected chi connectivity index (χ2v) is 10.3. The lowest BCUT2D eigenvalue weighted by atomic mass is 9.88. The molecular weight excluding hydrogens is 497 g/mol. The quantitative estimate of drug-likeness (QED) is 0.409. The standard InChI is InChI=1S/C30H36FN5O3/c1-19-17-35(18-33-19)26-13-8-22(15-27(26)39-7)14-25-28(37)36(21(3)23-9-11-24(31)12-10-23)29(34-30(25,4)5)32-16-20(2)38-6/h8-15,17-18,20-21H,16H2,1-7H3,(H,32,34)/b25-14-. The maximum atomic E-state index is 14.2. The first-order chi connectivity index (χ1) is 18.5. The topological polar surface area (TPSA) is 81.0 Å². The first-order valence-electron chi connectivity index (χ1n) is 12.9. The van der Waals surface area contributed by atoms with E-state index in [1.54, 1.807) is 37.6 Å². The van der Waals surface area contributed by atoms with Gasteiger partial charge in [0, 0.05) is 18.9 Å². The van der Waals surface area contributed by atoms with Crippen molar-refractivity contribution in [2.24, 2.45) is 4.99 Å². The number of aryl methyl sites for hydroxylation is 1. The minimum Gasteiger partial charge on any atom is -0.495 e. The highest BCUT2D eigenvalue weighted by Crippen LogP contribution is 2.33. The molecule has 2 atom stereocenters. The molecule has 2 heterocycles. The largest absolute Gasteiger partial charge is 0.495 e. The Morgan fingerprint density at radius 2 is 1.87 bits per heavy atom. The van der Waals surface area contributed by atoms with Gasteiger partial charge in [0.1, 0.15) is 11.6 Å². The third-order valence-electron chi connectivity index (χ3n) is 6.92. The average molecular weight is 534 g/mol. The molecule has 0 radical (unpaired) electrons. The normalized spacial score (nSPS) is 18.8. The number of benzene rings is 2. The molecule has 0 bridgehead atoms. The lowest BCUT2D eigenvalue weighted by Gasteiger charge is -2.43. The number of ether oxygens (including phenoxy) is 2. The summed E-state index contributed by atoms with van der Waals surface area (Å²) in [6.07, 6.45) is 5.42. The molecule has 0 saturated carbocycles. The van der Waals surface area contributed by atoms with Crippen molar-refractivity contribution < 1.29 is 18.7 Å². The Hall–Kier alpha value is -3.98. The predicted molar refractivity (Wildman–Crippen MR) is 150 cm³/mol. The van der Waals surface area contributed by atoms with Crippen LogP contribution in [0.25, 0.3) is 11.8 Å². The number of guanidine groups is 1. The van der Waals surface area contributed by atoms with Crippen LogP contribution in [-0.2, 0) is 9.53 Å². The van der Waals surface area contributed by atoms with E-state index in [0.29, 0.717) is 23.8 Å².